The summed E-state index contributed by atoms with van der Waals surface area (Å²) in [5, 5.41) is 23.4. The molecule has 1 aromatic heterocycles. The molecule has 1 aromatic carbocycles. The Labute approximate surface area is 151 Å². The van der Waals surface area contributed by atoms with Gasteiger partial charge in [-0.05, 0) is 54.2 Å². The second-order valence-corrected chi connectivity index (χ2v) is 7.56. The maximum atomic E-state index is 9.94. The third-order valence-corrected chi connectivity index (χ3v) is 6.25. The highest BCUT2D eigenvalue weighted by Crippen LogP contribution is 2.46. The fraction of sp³-hybridized carbons (Fsp3) is 0.444. The molecular formula is C18H22BrNO2S. The van der Waals surface area contributed by atoms with Gasteiger partial charge in [-0.3, -0.25) is 0 Å². The Kier molecular flexibility index (Phi) is 4.72. The first-order chi connectivity index (χ1) is 10.7. The van der Waals surface area contributed by atoms with Gasteiger partial charge in [-0.1, -0.05) is 13.3 Å². The molecule has 0 saturated heterocycles. The van der Waals surface area contributed by atoms with Crippen LogP contribution in [0.1, 0.15) is 52.1 Å². The minimum atomic E-state index is -0.00291. The van der Waals surface area contributed by atoms with Crippen molar-refractivity contribution in [2.75, 3.05) is 0 Å². The van der Waals surface area contributed by atoms with Gasteiger partial charge in [0.25, 0.3) is 0 Å². The second-order valence-electron chi connectivity index (χ2n) is 6.40. The molecule has 3 nitrogen and oxygen atoms in total. The molecule has 2 heterocycles. The first-order valence-corrected chi connectivity index (χ1v) is 8.88. The molecule has 2 unspecified atom stereocenters. The van der Waals surface area contributed by atoms with Gasteiger partial charge >= 0.3 is 0 Å². The van der Waals surface area contributed by atoms with Crippen LogP contribution in [-0.4, -0.2) is 16.3 Å². The summed E-state index contributed by atoms with van der Waals surface area (Å²) in [7, 11) is 0. The standard InChI is InChI=1S/C18H21NO2S.BrH/c1-2-3-12-6-11-9-19-14-5-4-10-7-15(20)16(21)8-13(10)17(14)18(11)22-12;/h6-8,14,17,19-21H,2-5,9H2,1H3;1H. The van der Waals surface area contributed by atoms with Crippen LogP contribution < -0.4 is 5.32 Å². The summed E-state index contributed by atoms with van der Waals surface area (Å²) in [6.07, 6.45) is 4.36. The van der Waals surface area contributed by atoms with E-state index in [1.165, 1.54) is 32.9 Å². The number of phenolic OH excluding ortho intramolecular Hbond substituents is 2. The largest absolute Gasteiger partial charge is 0.504 e. The Morgan fingerprint density at radius 2 is 1.96 bits per heavy atom. The van der Waals surface area contributed by atoms with Crippen molar-refractivity contribution in [2.24, 2.45) is 0 Å². The third-order valence-electron chi connectivity index (χ3n) is 4.92. The van der Waals surface area contributed by atoms with E-state index in [1.807, 2.05) is 11.3 Å². The van der Waals surface area contributed by atoms with Crippen molar-refractivity contribution in [3.63, 3.8) is 0 Å². The fourth-order valence-corrected chi connectivity index (χ4v) is 5.36. The average molecular weight is 396 g/mol. The summed E-state index contributed by atoms with van der Waals surface area (Å²) < 4.78 is 0. The van der Waals surface area contributed by atoms with E-state index in [9.17, 15) is 10.2 Å². The summed E-state index contributed by atoms with van der Waals surface area (Å²) in [5.41, 5.74) is 3.77. The molecule has 2 aliphatic rings. The zero-order valence-corrected chi connectivity index (χ0v) is 15.7. The molecule has 4 rings (SSSR count). The van der Waals surface area contributed by atoms with Crippen LogP contribution in [0.4, 0.5) is 0 Å². The highest BCUT2D eigenvalue weighted by Gasteiger charge is 2.36. The van der Waals surface area contributed by atoms with Crippen LogP contribution in [0.3, 0.4) is 0 Å². The molecule has 23 heavy (non-hydrogen) atoms. The number of nitrogens with one attached hydrogen (secondary N) is 1. The van der Waals surface area contributed by atoms with Crippen molar-refractivity contribution in [3.05, 3.63) is 44.6 Å². The van der Waals surface area contributed by atoms with Crippen LogP contribution in [0.25, 0.3) is 0 Å². The van der Waals surface area contributed by atoms with Gasteiger partial charge in [0.15, 0.2) is 11.5 Å². The zero-order chi connectivity index (χ0) is 15.3. The molecule has 2 aromatic rings. The van der Waals surface area contributed by atoms with E-state index in [2.05, 4.69) is 18.3 Å². The second kappa shape index (κ2) is 6.46. The van der Waals surface area contributed by atoms with Gasteiger partial charge in [0, 0.05) is 28.3 Å². The van der Waals surface area contributed by atoms with E-state index < -0.39 is 0 Å². The van der Waals surface area contributed by atoms with Gasteiger partial charge in [0.1, 0.15) is 0 Å². The number of aryl methyl sites for hydroxylation is 2. The molecular weight excluding hydrogens is 374 g/mol. The normalized spacial score (nSPS) is 21.8. The van der Waals surface area contributed by atoms with E-state index in [0.29, 0.717) is 12.0 Å². The van der Waals surface area contributed by atoms with Crippen LogP contribution in [0, 0.1) is 0 Å². The number of fused-ring (bicyclic) bond motifs is 5. The van der Waals surface area contributed by atoms with Gasteiger partial charge in [-0.25, -0.2) is 0 Å². The molecule has 0 radical (unpaired) electrons. The number of rotatable bonds is 2. The molecule has 0 bridgehead atoms. The number of thiophene rings is 1. The lowest BCUT2D eigenvalue weighted by molar-refractivity contribution is 0.383. The Morgan fingerprint density at radius 1 is 1.17 bits per heavy atom. The van der Waals surface area contributed by atoms with E-state index in [1.54, 1.807) is 12.1 Å². The highest BCUT2D eigenvalue weighted by molar-refractivity contribution is 8.93. The summed E-state index contributed by atoms with van der Waals surface area (Å²) in [4.78, 5) is 2.92. The Bertz CT molecular complexity index is 728. The van der Waals surface area contributed by atoms with E-state index in [0.717, 1.165) is 25.8 Å². The maximum absolute atomic E-state index is 9.94. The number of phenols is 2. The monoisotopic (exact) mass is 395 g/mol. The zero-order valence-electron chi connectivity index (χ0n) is 13.1. The van der Waals surface area contributed by atoms with E-state index >= 15 is 0 Å². The first kappa shape index (κ1) is 16.8. The molecule has 0 saturated carbocycles. The van der Waals surface area contributed by atoms with Crippen LogP contribution in [-0.2, 0) is 19.4 Å². The highest BCUT2D eigenvalue weighted by atomic mass is 79.9. The van der Waals surface area contributed by atoms with Crippen molar-refractivity contribution in [1.82, 2.24) is 5.32 Å². The minimum Gasteiger partial charge on any atom is -0.504 e. The van der Waals surface area contributed by atoms with Crippen LogP contribution in [0.2, 0.25) is 0 Å². The SMILES string of the molecule is Br.CCCc1cc2c(s1)C1c3cc(O)c(O)cc3CCC1NC2. The molecule has 124 valence electrons. The predicted octanol–water partition coefficient (Wildman–Crippen LogP) is 4.24. The fourth-order valence-electron chi connectivity index (χ4n) is 3.89. The Balaban J connectivity index is 0.00000156. The average Bonchev–Trinajstić information content (AvgIpc) is 2.91. The Hall–Kier alpha value is -1.04. The van der Waals surface area contributed by atoms with Gasteiger partial charge < -0.3 is 15.5 Å². The summed E-state index contributed by atoms with van der Waals surface area (Å²) in [6.45, 7) is 3.17. The van der Waals surface area contributed by atoms with Crippen molar-refractivity contribution in [3.8, 4) is 11.5 Å². The van der Waals surface area contributed by atoms with Gasteiger partial charge in [0.05, 0.1) is 0 Å². The quantitative estimate of drug-likeness (QED) is 0.666. The summed E-state index contributed by atoms with van der Waals surface area (Å²) >= 11 is 1.94. The summed E-state index contributed by atoms with van der Waals surface area (Å²) in [6, 6.07) is 6.31. The van der Waals surface area contributed by atoms with Gasteiger partial charge in [0.2, 0.25) is 0 Å². The lowest BCUT2D eigenvalue weighted by Gasteiger charge is -2.38. The number of hydrogen-bond acceptors (Lipinski definition) is 4. The number of halogens is 1. The number of aromatic hydroxyl groups is 2. The van der Waals surface area contributed by atoms with Crippen LogP contribution >= 0.6 is 28.3 Å². The van der Waals surface area contributed by atoms with Crippen molar-refractivity contribution in [1.29, 1.82) is 0 Å². The molecule has 0 fully saturated rings. The molecule has 1 aliphatic heterocycles. The smallest absolute Gasteiger partial charge is 0.157 e. The maximum Gasteiger partial charge on any atom is 0.157 e. The summed E-state index contributed by atoms with van der Waals surface area (Å²) in [5.74, 6) is 0.311. The van der Waals surface area contributed by atoms with Gasteiger partial charge in [-0.15, -0.1) is 28.3 Å². The van der Waals surface area contributed by atoms with Crippen LogP contribution in [0.15, 0.2) is 18.2 Å². The molecule has 2 atom stereocenters. The topological polar surface area (TPSA) is 52.5 Å². The van der Waals surface area contributed by atoms with Crippen molar-refractivity contribution < 1.29 is 10.2 Å². The lowest BCUT2D eigenvalue weighted by atomic mass is 9.75. The van der Waals surface area contributed by atoms with Gasteiger partial charge in [-0.2, -0.15) is 0 Å². The predicted molar refractivity (Wildman–Crippen MR) is 99.2 cm³/mol. The lowest BCUT2D eigenvalue weighted by Crippen LogP contribution is -2.41. The number of benzene rings is 1. The van der Waals surface area contributed by atoms with E-state index in [-0.39, 0.29) is 28.5 Å². The third kappa shape index (κ3) is 2.79. The molecule has 5 heteroatoms. The molecule has 3 N–H and O–H groups in total. The van der Waals surface area contributed by atoms with Crippen LogP contribution in [0.5, 0.6) is 11.5 Å². The Morgan fingerprint density at radius 3 is 2.74 bits per heavy atom. The van der Waals surface area contributed by atoms with Crippen molar-refractivity contribution >= 4 is 28.3 Å². The molecule has 1 aliphatic carbocycles. The number of hydrogen-bond donors (Lipinski definition) is 3. The molecule has 0 spiro atoms. The van der Waals surface area contributed by atoms with Crippen molar-refractivity contribution in [2.45, 2.75) is 51.1 Å². The molecule has 0 amide bonds. The van der Waals surface area contributed by atoms with E-state index in [4.69, 9.17) is 0 Å². The first-order valence-electron chi connectivity index (χ1n) is 8.07. The minimum absolute atomic E-state index is 0.